The van der Waals surface area contributed by atoms with Crippen LogP contribution in [0, 0.1) is 0 Å². The van der Waals surface area contributed by atoms with Gasteiger partial charge in [0.25, 0.3) is 0 Å². The van der Waals surface area contributed by atoms with Gasteiger partial charge < -0.3 is 33.8 Å². The van der Waals surface area contributed by atoms with Crippen LogP contribution in [0.15, 0.2) is 36.5 Å². The van der Waals surface area contributed by atoms with Crippen LogP contribution in [0.2, 0.25) is 0 Å². The summed E-state index contributed by atoms with van der Waals surface area (Å²) in [4.78, 5) is 72.8. The largest absolute Gasteiger partial charge is 0.472 e. The smallest absolute Gasteiger partial charge is 0.462 e. The summed E-state index contributed by atoms with van der Waals surface area (Å²) in [6, 6.07) is 0. The van der Waals surface area contributed by atoms with Crippen molar-refractivity contribution in [2.75, 3.05) is 39.6 Å². The summed E-state index contributed by atoms with van der Waals surface area (Å²) in [6.07, 6.45) is 65.5. The molecule has 0 aliphatic heterocycles. The Kier molecular flexibility index (Phi) is 68.7. The highest BCUT2D eigenvalue weighted by Gasteiger charge is 2.30. The second kappa shape index (κ2) is 70.7. The number of hydrogen-bond donors (Lipinski definition) is 3. The van der Waals surface area contributed by atoms with Gasteiger partial charge in [-0.3, -0.25) is 37.3 Å². The molecule has 0 saturated heterocycles. The Morgan fingerprint density at radius 1 is 0.281 bits per heavy atom. The van der Waals surface area contributed by atoms with Crippen LogP contribution >= 0.6 is 15.6 Å². The van der Waals surface area contributed by atoms with Crippen molar-refractivity contribution in [3.8, 4) is 0 Å². The molecule has 0 aromatic heterocycles. The molecular formula is C77H144O17P2. The van der Waals surface area contributed by atoms with Gasteiger partial charge in [-0.25, -0.2) is 9.13 Å². The average Bonchev–Trinajstić information content (AvgIpc) is 1.19. The van der Waals surface area contributed by atoms with E-state index in [1.807, 2.05) is 0 Å². The van der Waals surface area contributed by atoms with Crippen molar-refractivity contribution in [3.63, 3.8) is 0 Å². The van der Waals surface area contributed by atoms with Crippen LogP contribution in [-0.4, -0.2) is 96.7 Å². The second-order valence-electron chi connectivity index (χ2n) is 26.7. The van der Waals surface area contributed by atoms with E-state index in [0.29, 0.717) is 25.7 Å². The number of esters is 4. The lowest BCUT2D eigenvalue weighted by atomic mass is 10.0. The maximum Gasteiger partial charge on any atom is 0.472 e. The standard InChI is InChI=1S/C77H144O17P2/c1-5-9-13-17-21-25-29-33-35-39-43-47-51-55-59-63-76(81)93-72(67-87-74(79)61-57-53-49-45-41-37-31-27-23-19-15-11-7-3)69-91-95(83,84)89-65-71(78)66-90-96(85,86)92-70-73(68-88-75(80)62-58-54-50-46-42-38-32-28-24-20-16-12-8-4)94-77(82)64-60-56-52-48-44-40-36-34-30-26-22-18-14-10-6-2/h25,28-29,32,34,36,71-73,78H,5-24,26-27,30-31,33,35,37-70H2,1-4H3,(H,83,84)(H,85,86)/b29-25-,32-28-,36-34-/t71-,72+,73+/m0/s1. The van der Waals surface area contributed by atoms with Gasteiger partial charge in [-0.2, -0.15) is 0 Å². The van der Waals surface area contributed by atoms with E-state index in [1.54, 1.807) is 0 Å². The quantitative estimate of drug-likeness (QED) is 0.0169. The van der Waals surface area contributed by atoms with E-state index in [9.17, 15) is 43.2 Å². The highest BCUT2D eigenvalue weighted by atomic mass is 31.2. The second-order valence-corrected chi connectivity index (χ2v) is 29.6. The van der Waals surface area contributed by atoms with Gasteiger partial charge in [0.05, 0.1) is 26.4 Å². The number of aliphatic hydroxyl groups excluding tert-OH is 1. The lowest BCUT2D eigenvalue weighted by Gasteiger charge is -2.21. The van der Waals surface area contributed by atoms with Gasteiger partial charge in [0, 0.05) is 25.7 Å². The van der Waals surface area contributed by atoms with Gasteiger partial charge in [-0.15, -0.1) is 0 Å². The van der Waals surface area contributed by atoms with E-state index in [2.05, 4.69) is 64.2 Å². The Morgan fingerprint density at radius 3 is 0.729 bits per heavy atom. The normalized spacial score (nSPS) is 14.1. The molecule has 564 valence electrons. The molecule has 0 rings (SSSR count). The van der Waals surface area contributed by atoms with Gasteiger partial charge in [-0.1, -0.05) is 282 Å². The highest BCUT2D eigenvalue weighted by molar-refractivity contribution is 7.47. The van der Waals surface area contributed by atoms with Crippen molar-refractivity contribution in [3.05, 3.63) is 36.5 Å². The first-order chi connectivity index (χ1) is 46.7. The van der Waals surface area contributed by atoms with Crippen molar-refractivity contribution in [2.24, 2.45) is 0 Å². The molecule has 0 amide bonds. The highest BCUT2D eigenvalue weighted by Crippen LogP contribution is 2.45. The number of unbranched alkanes of at least 4 members (excludes halogenated alkanes) is 43. The zero-order valence-corrected chi connectivity index (χ0v) is 63.4. The predicted octanol–water partition coefficient (Wildman–Crippen LogP) is 22.3. The Labute approximate surface area is 585 Å². The van der Waals surface area contributed by atoms with Crippen LogP contribution in [0.1, 0.15) is 374 Å². The molecule has 96 heavy (non-hydrogen) atoms. The Balaban J connectivity index is 5.31. The molecule has 3 N–H and O–H groups in total. The summed E-state index contributed by atoms with van der Waals surface area (Å²) in [6.45, 7) is 4.90. The van der Waals surface area contributed by atoms with Gasteiger partial charge >= 0.3 is 39.5 Å². The van der Waals surface area contributed by atoms with Crippen molar-refractivity contribution in [1.82, 2.24) is 0 Å². The van der Waals surface area contributed by atoms with Crippen LogP contribution in [0.25, 0.3) is 0 Å². The summed E-state index contributed by atoms with van der Waals surface area (Å²) >= 11 is 0. The number of phosphoric ester groups is 2. The number of phosphoric acid groups is 2. The molecule has 0 spiro atoms. The van der Waals surface area contributed by atoms with Crippen molar-refractivity contribution < 1.29 is 80.2 Å². The fourth-order valence-electron chi connectivity index (χ4n) is 11.0. The predicted molar refractivity (Wildman–Crippen MR) is 391 cm³/mol. The molecule has 5 atom stereocenters. The van der Waals surface area contributed by atoms with Gasteiger partial charge in [0.1, 0.15) is 19.3 Å². The van der Waals surface area contributed by atoms with E-state index in [4.69, 9.17) is 37.0 Å². The zero-order chi connectivity index (χ0) is 70.4. The molecule has 0 aliphatic rings. The molecule has 0 aromatic carbocycles. The van der Waals surface area contributed by atoms with Crippen LogP contribution in [0.3, 0.4) is 0 Å². The van der Waals surface area contributed by atoms with Crippen LogP contribution in [0.4, 0.5) is 0 Å². The lowest BCUT2D eigenvalue weighted by molar-refractivity contribution is -0.161. The average molecular weight is 1400 g/mol. The van der Waals surface area contributed by atoms with Crippen molar-refractivity contribution in [1.29, 1.82) is 0 Å². The molecule has 0 bridgehead atoms. The minimum absolute atomic E-state index is 0.0897. The number of carbonyl (C=O) groups is 4. The minimum Gasteiger partial charge on any atom is -0.462 e. The first-order valence-electron chi connectivity index (χ1n) is 39.2. The molecule has 0 saturated carbocycles. The van der Waals surface area contributed by atoms with E-state index in [1.165, 1.54) is 148 Å². The summed E-state index contributed by atoms with van der Waals surface area (Å²) < 4.78 is 68.5. The Bertz CT molecular complexity index is 1970. The third-order valence-electron chi connectivity index (χ3n) is 17.1. The first kappa shape index (κ1) is 93.3. The van der Waals surface area contributed by atoms with E-state index in [-0.39, 0.29) is 25.7 Å². The SMILES string of the molecule is CCCCCC/C=C\CCCCCCCCCC(=O)O[C@H](COC(=O)CCCCCCCCCCCCCCC)COP(=O)(O)OC[C@H](O)COP(=O)(O)OC[C@@H](COC(=O)CCCCCCC/C=C\CCCCCC)OC(=O)CCCCCCC/C=C\CCCCCCCC. The molecule has 0 fully saturated rings. The van der Waals surface area contributed by atoms with Crippen LogP contribution in [0.5, 0.6) is 0 Å². The van der Waals surface area contributed by atoms with Gasteiger partial charge in [0.2, 0.25) is 0 Å². The maximum atomic E-state index is 13.1. The van der Waals surface area contributed by atoms with E-state index in [0.717, 1.165) is 148 Å². The third-order valence-corrected chi connectivity index (χ3v) is 19.0. The van der Waals surface area contributed by atoms with Gasteiger partial charge in [-0.05, 0) is 103 Å². The molecule has 2 unspecified atom stereocenters. The molecule has 0 aliphatic carbocycles. The summed E-state index contributed by atoms with van der Waals surface area (Å²) in [5.41, 5.74) is 0. The van der Waals surface area contributed by atoms with E-state index >= 15 is 0 Å². The summed E-state index contributed by atoms with van der Waals surface area (Å²) in [7, 11) is -9.93. The Morgan fingerprint density at radius 2 is 0.479 bits per heavy atom. The number of rotatable bonds is 75. The third kappa shape index (κ3) is 69.7. The molecule has 0 heterocycles. The Hall–Kier alpha value is -2.72. The number of ether oxygens (including phenoxy) is 4. The minimum atomic E-state index is -4.97. The van der Waals surface area contributed by atoms with Gasteiger partial charge in [0.15, 0.2) is 12.2 Å². The van der Waals surface area contributed by atoms with Crippen LogP contribution < -0.4 is 0 Å². The number of carbonyl (C=O) groups excluding carboxylic acids is 4. The summed E-state index contributed by atoms with van der Waals surface area (Å²) in [5, 5.41) is 10.6. The topological polar surface area (TPSA) is 237 Å². The zero-order valence-electron chi connectivity index (χ0n) is 61.6. The number of allylic oxidation sites excluding steroid dienone is 6. The van der Waals surface area contributed by atoms with E-state index < -0.39 is 97.5 Å². The summed E-state index contributed by atoms with van der Waals surface area (Å²) in [5.74, 6) is -2.16. The molecular weight excluding hydrogens is 1260 g/mol. The monoisotopic (exact) mass is 1400 g/mol. The van der Waals surface area contributed by atoms with Crippen molar-refractivity contribution in [2.45, 2.75) is 393 Å². The lowest BCUT2D eigenvalue weighted by Crippen LogP contribution is -2.30. The van der Waals surface area contributed by atoms with Crippen molar-refractivity contribution >= 4 is 39.5 Å². The van der Waals surface area contributed by atoms with Crippen LogP contribution in [-0.2, 0) is 65.4 Å². The first-order valence-corrected chi connectivity index (χ1v) is 42.2. The molecule has 19 heteroatoms. The molecule has 17 nitrogen and oxygen atoms in total. The molecule has 0 radical (unpaired) electrons. The fraction of sp³-hybridized carbons (Fsp3) is 0.870. The molecule has 0 aromatic rings. The number of hydrogen-bond acceptors (Lipinski definition) is 15. The maximum absolute atomic E-state index is 13.1. The fourth-order valence-corrected chi connectivity index (χ4v) is 12.6. The number of aliphatic hydroxyl groups is 1.